The molecule has 0 amide bonds. The molecule has 268 valence electrons. The Bertz CT molecular complexity index is 2820. The minimum Gasteiger partial charge on any atom is -0.310 e. The fourth-order valence-electron chi connectivity index (χ4n) is 7.66. The third kappa shape index (κ3) is 6.93. The Kier molecular flexibility index (Phi) is 9.46. The van der Waals surface area contributed by atoms with E-state index >= 15 is 0 Å². The smallest absolute Gasteiger partial charge is 0.0468 e. The summed E-state index contributed by atoms with van der Waals surface area (Å²) in [6, 6.07) is 61.8. The van der Waals surface area contributed by atoms with Crippen molar-refractivity contribution in [3.63, 3.8) is 0 Å². The summed E-state index contributed by atoms with van der Waals surface area (Å²) in [5.41, 5.74) is 13.6. The molecule has 3 heterocycles. The van der Waals surface area contributed by atoms with Crippen molar-refractivity contribution in [2.75, 3.05) is 10.7 Å². The summed E-state index contributed by atoms with van der Waals surface area (Å²) in [4.78, 5) is 7.59. The summed E-state index contributed by atoms with van der Waals surface area (Å²) < 4.78 is 1.36. The molecule has 56 heavy (non-hydrogen) atoms. The summed E-state index contributed by atoms with van der Waals surface area (Å²) in [7, 11) is 0. The highest BCUT2D eigenvalue weighted by atomic mass is 32.2. The van der Waals surface area contributed by atoms with Crippen LogP contribution in [0.2, 0.25) is 0 Å². The zero-order valence-corrected chi connectivity index (χ0v) is 33.1. The molecule has 0 unspecified atom stereocenters. The molecule has 0 bridgehead atoms. The van der Waals surface area contributed by atoms with Gasteiger partial charge in [0, 0.05) is 47.1 Å². The molecule has 10 rings (SSSR count). The number of thiophene rings is 2. The molecular weight excluding hydrogens is 735 g/mol. The molecule has 1 aliphatic carbocycles. The molecule has 1 nitrogen and oxygen atoms in total. The molecule has 0 saturated carbocycles. The van der Waals surface area contributed by atoms with Crippen molar-refractivity contribution in [1.29, 1.82) is 0 Å². The summed E-state index contributed by atoms with van der Waals surface area (Å²) in [5, 5.41) is 1.37. The van der Waals surface area contributed by atoms with E-state index in [9.17, 15) is 0 Å². The van der Waals surface area contributed by atoms with E-state index in [2.05, 4.69) is 205 Å². The number of hydrogen-bond acceptors (Lipinski definition) is 4. The van der Waals surface area contributed by atoms with Gasteiger partial charge in [0.15, 0.2) is 0 Å². The first kappa shape index (κ1) is 34.6. The normalized spacial score (nSPS) is 13.8. The van der Waals surface area contributed by atoms with E-state index in [1.54, 1.807) is 0 Å². The van der Waals surface area contributed by atoms with E-state index in [1.165, 1.54) is 74.1 Å². The number of rotatable bonds is 8. The first-order chi connectivity index (χ1) is 27.7. The van der Waals surface area contributed by atoms with Crippen LogP contribution < -0.4 is 4.90 Å². The first-order valence-corrected chi connectivity index (χ1v) is 21.6. The van der Waals surface area contributed by atoms with Crippen molar-refractivity contribution < 1.29 is 0 Å². The largest absolute Gasteiger partial charge is 0.310 e. The van der Waals surface area contributed by atoms with Crippen molar-refractivity contribution in [3.8, 4) is 20.9 Å². The van der Waals surface area contributed by atoms with Crippen LogP contribution in [-0.2, 0) is 6.42 Å². The maximum Gasteiger partial charge on any atom is 0.0468 e. The molecule has 4 heteroatoms. The highest BCUT2D eigenvalue weighted by Gasteiger charge is 2.18. The zero-order valence-electron chi connectivity index (χ0n) is 30.6. The van der Waals surface area contributed by atoms with Crippen LogP contribution in [0.4, 0.5) is 17.1 Å². The number of allylic oxidation sites excluding steroid dienone is 5. The van der Waals surface area contributed by atoms with Crippen molar-refractivity contribution in [2.45, 2.75) is 6.42 Å². The van der Waals surface area contributed by atoms with Gasteiger partial charge in [-0.1, -0.05) is 133 Å². The summed E-state index contributed by atoms with van der Waals surface area (Å²) >= 11 is 5.64. The Morgan fingerprint density at radius 2 is 1.12 bits per heavy atom. The molecule has 0 saturated heterocycles. The summed E-state index contributed by atoms with van der Waals surface area (Å²) in [6.45, 7) is 0. The Morgan fingerprint density at radius 3 is 1.88 bits per heavy atom. The maximum atomic E-state index is 2.41. The SMILES string of the molecule is C1=Cc2sc3ccccc3c2CC=C1c1ccc(N(c2cccc(C3=CC=C(c4ccccc4)CS3)c2)c2cccc(-c3ccc(-c4ccccc4)s3)c2)cc1. The number of hydrogen-bond donors (Lipinski definition) is 0. The predicted octanol–water partition coefficient (Wildman–Crippen LogP) is 15.6. The van der Waals surface area contributed by atoms with Crippen molar-refractivity contribution >= 4 is 83.7 Å². The Morgan fingerprint density at radius 1 is 0.464 bits per heavy atom. The number of nitrogens with zero attached hydrogens (tertiary/aromatic N) is 1. The van der Waals surface area contributed by atoms with Gasteiger partial charge in [-0.25, -0.2) is 0 Å². The maximum absolute atomic E-state index is 2.41. The van der Waals surface area contributed by atoms with Gasteiger partial charge in [-0.15, -0.1) is 34.4 Å². The number of thioether (sulfide) groups is 1. The Balaban J connectivity index is 1.01. The fourth-order valence-corrected chi connectivity index (χ4v) is 10.8. The van der Waals surface area contributed by atoms with Gasteiger partial charge in [0.05, 0.1) is 0 Å². The third-order valence-corrected chi connectivity index (χ3v) is 14.0. The molecule has 0 spiro atoms. The molecule has 6 aromatic carbocycles. The highest BCUT2D eigenvalue weighted by molar-refractivity contribution is 8.08. The monoisotopic (exact) mass is 771 g/mol. The second kappa shape index (κ2) is 15.3. The minimum absolute atomic E-state index is 0.930. The number of fused-ring (bicyclic) bond motifs is 3. The first-order valence-electron chi connectivity index (χ1n) is 19.0. The Hall–Kier alpha value is -5.91. The molecule has 0 radical (unpaired) electrons. The van der Waals surface area contributed by atoms with E-state index in [4.69, 9.17) is 0 Å². The summed E-state index contributed by atoms with van der Waals surface area (Å²) in [6.07, 6.45) is 12.5. The van der Waals surface area contributed by atoms with Gasteiger partial charge in [0.25, 0.3) is 0 Å². The minimum atomic E-state index is 0.930. The zero-order chi connectivity index (χ0) is 37.3. The van der Waals surface area contributed by atoms with E-state index in [0.717, 1.165) is 29.2 Å². The van der Waals surface area contributed by atoms with Crippen LogP contribution in [0.5, 0.6) is 0 Å². The topological polar surface area (TPSA) is 3.24 Å². The van der Waals surface area contributed by atoms with Gasteiger partial charge in [-0.05, 0) is 123 Å². The van der Waals surface area contributed by atoms with Crippen LogP contribution in [0.15, 0.2) is 194 Å². The molecule has 1 aliphatic heterocycles. The second-order valence-electron chi connectivity index (χ2n) is 14.0. The van der Waals surface area contributed by atoms with Crippen LogP contribution >= 0.6 is 34.4 Å². The van der Waals surface area contributed by atoms with Gasteiger partial charge >= 0.3 is 0 Å². The molecule has 0 N–H and O–H groups in total. The standard InChI is InChI=1S/C52H37NS3/c1-3-11-36(12-4-1)42-25-29-48(54-35-42)40-15-9-17-44(33-40)53(45-18-10-16-41(34-45)50-32-31-49(55-50)39-13-5-2-6-14-39)43-26-21-37(22-27-43)38-23-28-47-46-19-7-8-20-51(46)56-52(47)30-24-38/h1-27,29-34H,28,35H2. The van der Waals surface area contributed by atoms with E-state index in [-0.39, 0.29) is 0 Å². The quantitative estimate of drug-likeness (QED) is 0.151. The Labute approximate surface area is 340 Å². The van der Waals surface area contributed by atoms with Crippen molar-refractivity contribution in [2.24, 2.45) is 0 Å². The van der Waals surface area contributed by atoms with Crippen LogP contribution in [0, 0.1) is 0 Å². The van der Waals surface area contributed by atoms with Gasteiger partial charge in [-0.2, -0.15) is 0 Å². The second-order valence-corrected chi connectivity index (χ2v) is 17.2. The number of anilines is 3. The van der Waals surface area contributed by atoms with Gasteiger partial charge in [0.1, 0.15) is 0 Å². The van der Waals surface area contributed by atoms with Gasteiger partial charge in [-0.3, -0.25) is 0 Å². The van der Waals surface area contributed by atoms with Crippen molar-refractivity contribution in [1.82, 2.24) is 0 Å². The molecular formula is C52H37NS3. The third-order valence-electron chi connectivity index (χ3n) is 10.5. The molecule has 2 aliphatic rings. The molecule has 8 aromatic rings. The van der Waals surface area contributed by atoms with Gasteiger partial charge in [0.2, 0.25) is 0 Å². The van der Waals surface area contributed by atoms with E-state index in [1.807, 2.05) is 34.4 Å². The average Bonchev–Trinajstić information content (AvgIpc) is 3.85. The molecule has 0 atom stereocenters. The van der Waals surface area contributed by atoms with Crippen LogP contribution in [0.25, 0.3) is 53.1 Å². The summed E-state index contributed by atoms with van der Waals surface area (Å²) in [5.74, 6) is 0.951. The molecule has 0 fully saturated rings. The average molecular weight is 772 g/mol. The van der Waals surface area contributed by atoms with Crippen LogP contribution in [-0.4, -0.2) is 5.75 Å². The van der Waals surface area contributed by atoms with Crippen LogP contribution in [0.3, 0.4) is 0 Å². The lowest BCUT2D eigenvalue weighted by Gasteiger charge is -2.27. The lowest BCUT2D eigenvalue weighted by atomic mass is 10.0. The van der Waals surface area contributed by atoms with Crippen LogP contribution in [0.1, 0.15) is 27.1 Å². The van der Waals surface area contributed by atoms with E-state index in [0.29, 0.717) is 0 Å². The van der Waals surface area contributed by atoms with E-state index < -0.39 is 0 Å². The predicted molar refractivity (Wildman–Crippen MR) is 247 cm³/mol. The highest BCUT2D eigenvalue weighted by Crippen LogP contribution is 2.43. The fraction of sp³-hybridized carbons (Fsp3) is 0.0385. The lowest BCUT2D eigenvalue weighted by molar-refractivity contribution is 1.28. The van der Waals surface area contributed by atoms with Gasteiger partial charge < -0.3 is 4.90 Å². The lowest BCUT2D eigenvalue weighted by Crippen LogP contribution is -2.10. The van der Waals surface area contributed by atoms with Crippen molar-refractivity contribution in [3.05, 3.63) is 221 Å². The number of benzene rings is 6. The molecule has 2 aromatic heterocycles.